The second-order valence-corrected chi connectivity index (χ2v) is 6.72. The first kappa shape index (κ1) is 15.4. The van der Waals surface area contributed by atoms with Crippen LogP contribution < -0.4 is 10.0 Å². The molecule has 4 nitrogen and oxygen atoms in total. The molecule has 2 aromatic rings. The fourth-order valence-electron chi connectivity index (χ4n) is 2.16. The standard InChI is InChI=1S/C16H20N2O2S/c1-3-16(13-7-5-4-6-8-13)17-14-9-11-15(12-10-14)18-21(2,19)20/h4-12,16-18H,3H2,1-2H3. The maximum Gasteiger partial charge on any atom is 0.229 e. The van der Waals surface area contributed by atoms with Gasteiger partial charge in [0.2, 0.25) is 10.0 Å². The second-order valence-electron chi connectivity index (χ2n) is 4.97. The van der Waals surface area contributed by atoms with Crippen molar-refractivity contribution in [3.63, 3.8) is 0 Å². The van der Waals surface area contributed by atoms with E-state index in [2.05, 4.69) is 29.1 Å². The molecule has 21 heavy (non-hydrogen) atoms. The molecular weight excluding hydrogens is 284 g/mol. The van der Waals surface area contributed by atoms with Gasteiger partial charge in [0, 0.05) is 11.4 Å². The van der Waals surface area contributed by atoms with Crippen molar-refractivity contribution in [3.05, 3.63) is 60.2 Å². The van der Waals surface area contributed by atoms with E-state index in [1.54, 1.807) is 12.1 Å². The van der Waals surface area contributed by atoms with E-state index in [4.69, 9.17) is 0 Å². The van der Waals surface area contributed by atoms with Gasteiger partial charge in [-0.2, -0.15) is 0 Å². The molecule has 0 aliphatic rings. The first-order valence-electron chi connectivity index (χ1n) is 6.87. The quantitative estimate of drug-likeness (QED) is 0.857. The molecule has 1 unspecified atom stereocenters. The first-order chi connectivity index (χ1) is 9.98. The van der Waals surface area contributed by atoms with Gasteiger partial charge in [-0.15, -0.1) is 0 Å². The Morgan fingerprint density at radius 3 is 2.05 bits per heavy atom. The molecule has 0 amide bonds. The molecular formula is C16H20N2O2S. The van der Waals surface area contributed by atoms with Gasteiger partial charge in [-0.25, -0.2) is 8.42 Å². The van der Waals surface area contributed by atoms with E-state index in [0.29, 0.717) is 5.69 Å². The Bertz CT molecular complexity index is 667. The fraction of sp³-hybridized carbons (Fsp3) is 0.250. The molecule has 0 aliphatic heterocycles. The Kier molecular flexibility index (Phi) is 4.85. The normalized spacial score (nSPS) is 12.7. The van der Waals surface area contributed by atoms with Crippen molar-refractivity contribution in [1.29, 1.82) is 0 Å². The summed E-state index contributed by atoms with van der Waals surface area (Å²) in [5.41, 5.74) is 2.76. The zero-order valence-corrected chi connectivity index (χ0v) is 13.0. The summed E-state index contributed by atoms with van der Waals surface area (Å²) in [6.07, 6.45) is 2.11. The van der Waals surface area contributed by atoms with Gasteiger partial charge in [0.25, 0.3) is 0 Å². The zero-order valence-electron chi connectivity index (χ0n) is 12.2. The van der Waals surface area contributed by atoms with Crippen molar-refractivity contribution in [2.24, 2.45) is 0 Å². The Morgan fingerprint density at radius 2 is 1.52 bits per heavy atom. The highest BCUT2D eigenvalue weighted by molar-refractivity contribution is 7.92. The molecule has 0 saturated carbocycles. The monoisotopic (exact) mass is 304 g/mol. The van der Waals surface area contributed by atoms with Crippen LogP contribution in [-0.4, -0.2) is 14.7 Å². The van der Waals surface area contributed by atoms with E-state index < -0.39 is 10.0 Å². The maximum absolute atomic E-state index is 11.2. The van der Waals surface area contributed by atoms with Gasteiger partial charge in [-0.3, -0.25) is 4.72 Å². The molecule has 0 radical (unpaired) electrons. The molecule has 2 N–H and O–H groups in total. The number of hydrogen-bond donors (Lipinski definition) is 2. The molecule has 0 aliphatic carbocycles. The summed E-state index contributed by atoms with van der Waals surface area (Å²) in [5, 5.41) is 3.46. The lowest BCUT2D eigenvalue weighted by Crippen LogP contribution is -2.11. The van der Waals surface area contributed by atoms with Crippen LogP contribution in [0.4, 0.5) is 11.4 Å². The molecule has 5 heteroatoms. The molecule has 0 bridgehead atoms. The number of sulfonamides is 1. The lowest BCUT2D eigenvalue weighted by Gasteiger charge is -2.19. The minimum atomic E-state index is -3.23. The van der Waals surface area contributed by atoms with Crippen molar-refractivity contribution >= 4 is 21.4 Å². The van der Waals surface area contributed by atoms with Crippen LogP contribution in [0, 0.1) is 0 Å². The average Bonchev–Trinajstić information content (AvgIpc) is 2.46. The van der Waals surface area contributed by atoms with Crippen molar-refractivity contribution in [1.82, 2.24) is 0 Å². The number of anilines is 2. The number of nitrogens with one attached hydrogen (secondary N) is 2. The summed E-state index contributed by atoms with van der Waals surface area (Å²) in [6.45, 7) is 2.13. The summed E-state index contributed by atoms with van der Waals surface area (Å²) in [5.74, 6) is 0. The fourth-order valence-corrected chi connectivity index (χ4v) is 2.72. The minimum absolute atomic E-state index is 0.236. The van der Waals surface area contributed by atoms with Crippen LogP contribution in [0.15, 0.2) is 54.6 Å². The van der Waals surface area contributed by atoms with Crippen LogP contribution in [0.1, 0.15) is 24.9 Å². The Morgan fingerprint density at radius 1 is 0.952 bits per heavy atom. The van der Waals surface area contributed by atoms with Crippen LogP contribution in [0.3, 0.4) is 0 Å². The lowest BCUT2D eigenvalue weighted by molar-refractivity contribution is 0.607. The lowest BCUT2D eigenvalue weighted by atomic mass is 10.0. The maximum atomic E-state index is 11.2. The summed E-state index contributed by atoms with van der Waals surface area (Å²) in [6, 6.07) is 17.7. The van der Waals surface area contributed by atoms with E-state index >= 15 is 0 Å². The molecule has 0 saturated heterocycles. The smallest absolute Gasteiger partial charge is 0.229 e. The van der Waals surface area contributed by atoms with E-state index in [0.717, 1.165) is 18.4 Å². The van der Waals surface area contributed by atoms with E-state index in [1.807, 2.05) is 30.3 Å². The number of hydrogen-bond acceptors (Lipinski definition) is 3. The van der Waals surface area contributed by atoms with Crippen LogP contribution in [-0.2, 0) is 10.0 Å². The SMILES string of the molecule is CCC(Nc1ccc(NS(C)(=O)=O)cc1)c1ccccc1. The Labute approximate surface area is 126 Å². The first-order valence-corrected chi connectivity index (χ1v) is 8.76. The summed E-state index contributed by atoms with van der Waals surface area (Å²) >= 11 is 0. The topological polar surface area (TPSA) is 58.2 Å². The van der Waals surface area contributed by atoms with Crippen molar-refractivity contribution in [2.45, 2.75) is 19.4 Å². The van der Waals surface area contributed by atoms with Crippen molar-refractivity contribution < 1.29 is 8.42 Å². The van der Waals surface area contributed by atoms with Crippen LogP contribution in [0.5, 0.6) is 0 Å². The Hall–Kier alpha value is -2.01. The van der Waals surface area contributed by atoms with Gasteiger partial charge in [0.15, 0.2) is 0 Å². The van der Waals surface area contributed by atoms with Gasteiger partial charge in [0.1, 0.15) is 0 Å². The van der Waals surface area contributed by atoms with Gasteiger partial charge >= 0.3 is 0 Å². The van der Waals surface area contributed by atoms with E-state index in [9.17, 15) is 8.42 Å². The third-order valence-corrected chi connectivity index (χ3v) is 3.75. The minimum Gasteiger partial charge on any atom is -0.378 e. The Balaban J connectivity index is 2.09. The average molecular weight is 304 g/mol. The van der Waals surface area contributed by atoms with Gasteiger partial charge in [-0.05, 0) is 36.2 Å². The number of benzene rings is 2. The van der Waals surface area contributed by atoms with Crippen LogP contribution in [0.25, 0.3) is 0 Å². The third-order valence-electron chi connectivity index (χ3n) is 3.14. The highest BCUT2D eigenvalue weighted by Crippen LogP contribution is 2.23. The predicted octanol–water partition coefficient (Wildman–Crippen LogP) is 3.62. The number of rotatable bonds is 6. The highest BCUT2D eigenvalue weighted by atomic mass is 32.2. The molecule has 0 aromatic heterocycles. The molecule has 0 fully saturated rings. The van der Waals surface area contributed by atoms with E-state index in [1.165, 1.54) is 5.56 Å². The van der Waals surface area contributed by atoms with Crippen molar-refractivity contribution in [2.75, 3.05) is 16.3 Å². The van der Waals surface area contributed by atoms with Gasteiger partial charge < -0.3 is 5.32 Å². The van der Waals surface area contributed by atoms with Crippen LogP contribution >= 0.6 is 0 Å². The summed E-state index contributed by atoms with van der Waals surface area (Å²) < 4.78 is 24.8. The van der Waals surface area contributed by atoms with Gasteiger partial charge in [0.05, 0.1) is 12.3 Å². The molecule has 0 spiro atoms. The van der Waals surface area contributed by atoms with E-state index in [-0.39, 0.29) is 6.04 Å². The highest BCUT2D eigenvalue weighted by Gasteiger charge is 2.08. The summed E-state index contributed by atoms with van der Waals surface area (Å²) in [7, 11) is -3.23. The molecule has 2 rings (SSSR count). The van der Waals surface area contributed by atoms with Gasteiger partial charge in [-0.1, -0.05) is 37.3 Å². The second kappa shape index (κ2) is 6.63. The molecule has 0 heterocycles. The molecule has 112 valence electrons. The zero-order chi connectivity index (χ0) is 15.3. The van der Waals surface area contributed by atoms with Crippen LogP contribution in [0.2, 0.25) is 0 Å². The molecule has 1 atom stereocenters. The summed E-state index contributed by atoms with van der Waals surface area (Å²) in [4.78, 5) is 0. The third kappa shape index (κ3) is 4.79. The molecule has 2 aromatic carbocycles. The largest absolute Gasteiger partial charge is 0.378 e. The predicted molar refractivity (Wildman–Crippen MR) is 88.0 cm³/mol. The van der Waals surface area contributed by atoms with Crippen molar-refractivity contribution in [3.8, 4) is 0 Å².